The summed E-state index contributed by atoms with van der Waals surface area (Å²) in [6.45, 7) is 4.98. The van der Waals surface area contributed by atoms with Gasteiger partial charge in [-0.2, -0.15) is 0 Å². The minimum Gasteiger partial charge on any atom is -0.399 e. The molecule has 92 valence electrons. The van der Waals surface area contributed by atoms with Crippen molar-refractivity contribution in [1.82, 2.24) is 4.90 Å². The van der Waals surface area contributed by atoms with Crippen LogP contribution in [-0.4, -0.2) is 23.4 Å². The minimum absolute atomic E-state index is 0.138. The number of hydrogen-bond acceptors (Lipinski definition) is 2. The normalized spacial score (nSPS) is 19.6. The molecule has 1 aromatic carbocycles. The fraction of sp³-hybridized carbons (Fsp3) is 0.500. The van der Waals surface area contributed by atoms with E-state index in [1.807, 2.05) is 24.0 Å². The fourth-order valence-electron chi connectivity index (χ4n) is 2.55. The van der Waals surface area contributed by atoms with E-state index in [9.17, 15) is 4.79 Å². The zero-order valence-corrected chi connectivity index (χ0v) is 10.6. The highest BCUT2D eigenvalue weighted by molar-refractivity contribution is 5.96. The van der Waals surface area contributed by atoms with Gasteiger partial charge in [-0.15, -0.1) is 0 Å². The van der Waals surface area contributed by atoms with Gasteiger partial charge in [0.15, 0.2) is 0 Å². The summed E-state index contributed by atoms with van der Waals surface area (Å²) in [6.07, 6.45) is 3.28. The van der Waals surface area contributed by atoms with Crippen molar-refractivity contribution >= 4 is 11.6 Å². The molecule has 17 heavy (non-hydrogen) atoms. The molecule has 0 spiro atoms. The van der Waals surface area contributed by atoms with Gasteiger partial charge in [0.1, 0.15) is 0 Å². The molecular formula is C14H20N2O. The Kier molecular flexibility index (Phi) is 3.36. The molecule has 1 amide bonds. The molecule has 2 rings (SSSR count). The van der Waals surface area contributed by atoms with E-state index >= 15 is 0 Å². The van der Waals surface area contributed by atoms with Crippen LogP contribution in [0.2, 0.25) is 0 Å². The first kappa shape index (κ1) is 12.0. The van der Waals surface area contributed by atoms with Gasteiger partial charge in [0.05, 0.1) is 0 Å². The predicted molar refractivity (Wildman–Crippen MR) is 69.9 cm³/mol. The summed E-state index contributed by atoms with van der Waals surface area (Å²) in [7, 11) is 0. The van der Waals surface area contributed by atoms with Gasteiger partial charge < -0.3 is 10.6 Å². The summed E-state index contributed by atoms with van der Waals surface area (Å²) < 4.78 is 0. The smallest absolute Gasteiger partial charge is 0.254 e. The van der Waals surface area contributed by atoms with Crippen LogP contribution in [0, 0.1) is 6.92 Å². The lowest BCUT2D eigenvalue weighted by Gasteiger charge is -2.24. The van der Waals surface area contributed by atoms with E-state index in [4.69, 9.17) is 5.73 Å². The SMILES string of the molecule is CCC1CCCN1C(=O)c1cc(N)ccc1C. The van der Waals surface area contributed by atoms with Crippen LogP contribution in [0.5, 0.6) is 0 Å². The number of carbonyl (C=O) groups excluding carboxylic acids is 1. The van der Waals surface area contributed by atoms with Crippen molar-refractivity contribution in [3.05, 3.63) is 29.3 Å². The van der Waals surface area contributed by atoms with Crippen LogP contribution in [0.15, 0.2) is 18.2 Å². The second-order valence-electron chi connectivity index (χ2n) is 4.78. The molecule has 0 radical (unpaired) electrons. The third-order valence-corrected chi connectivity index (χ3v) is 3.60. The summed E-state index contributed by atoms with van der Waals surface area (Å²) in [5.74, 6) is 0.138. The Morgan fingerprint density at radius 1 is 1.53 bits per heavy atom. The Morgan fingerprint density at radius 2 is 2.29 bits per heavy atom. The summed E-state index contributed by atoms with van der Waals surface area (Å²) >= 11 is 0. The second-order valence-corrected chi connectivity index (χ2v) is 4.78. The number of nitrogen functional groups attached to an aromatic ring is 1. The van der Waals surface area contributed by atoms with Crippen molar-refractivity contribution in [1.29, 1.82) is 0 Å². The van der Waals surface area contributed by atoms with Crippen LogP contribution in [-0.2, 0) is 0 Å². The van der Waals surface area contributed by atoms with Crippen molar-refractivity contribution in [2.75, 3.05) is 12.3 Å². The molecular weight excluding hydrogens is 212 g/mol. The molecule has 0 saturated carbocycles. The predicted octanol–water partition coefficient (Wildman–Crippen LogP) is 2.59. The van der Waals surface area contributed by atoms with Gasteiger partial charge in [-0.25, -0.2) is 0 Å². The quantitative estimate of drug-likeness (QED) is 0.797. The summed E-state index contributed by atoms with van der Waals surface area (Å²) in [4.78, 5) is 14.5. The Labute approximate surface area is 103 Å². The zero-order valence-electron chi connectivity index (χ0n) is 10.6. The van der Waals surface area contributed by atoms with Gasteiger partial charge in [0, 0.05) is 23.8 Å². The van der Waals surface area contributed by atoms with E-state index in [1.54, 1.807) is 6.07 Å². The number of rotatable bonds is 2. The first-order chi connectivity index (χ1) is 8.13. The number of carbonyl (C=O) groups is 1. The summed E-state index contributed by atoms with van der Waals surface area (Å²) in [6, 6.07) is 5.96. The van der Waals surface area contributed by atoms with Crippen LogP contribution in [0.25, 0.3) is 0 Å². The van der Waals surface area contributed by atoms with E-state index in [0.717, 1.165) is 36.9 Å². The second kappa shape index (κ2) is 4.78. The number of nitrogens with zero attached hydrogens (tertiary/aromatic N) is 1. The van der Waals surface area contributed by atoms with Gasteiger partial charge >= 0.3 is 0 Å². The maximum Gasteiger partial charge on any atom is 0.254 e. The zero-order chi connectivity index (χ0) is 12.4. The third kappa shape index (κ3) is 2.28. The Hall–Kier alpha value is -1.51. The van der Waals surface area contributed by atoms with Crippen LogP contribution in [0.4, 0.5) is 5.69 Å². The molecule has 0 aromatic heterocycles. The molecule has 1 fully saturated rings. The van der Waals surface area contributed by atoms with Crippen LogP contribution < -0.4 is 5.73 Å². The van der Waals surface area contributed by atoms with Crippen LogP contribution in [0.1, 0.15) is 42.1 Å². The minimum atomic E-state index is 0.138. The maximum absolute atomic E-state index is 12.5. The molecule has 0 aliphatic carbocycles. The highest BCUT2D eigenvalue weighted by Crippen LogP contribution is 2.24. The van der Waals surface area contributed by atoms with E-state index in [0.29, 0.717) is 11.7 Å². The highest BCUT2D eigenvalue weighted by Gasteiger charge is 2.28. The molecule has 1 aliphatic rings. The van der Waals surface area contributed by atoms with Gasteiger partial charge in [-0.05, 0) is 43.9 Å². The van der Waals surface area contributed by atoms with E-state index in [2.05, 4.69) is 6.92 Å². The number of aryl methyl sites for hydroxylation is 1. The standard InChI is InChI=1S/C14H20N2O/c1-3-12-5-4-8-16(12)14(17)13-9-11(15)7-6-10(13)2/h6-7,9,12H,3-5,8,15H2,1-2H3. The van der Waals surface area contributed by atoms with E-state index < -0.39 is 0 Å². The largest absolute Gasteiger partial charge is 0.399 e. The Bertz CT molecular complexity index is 428. The molecule has 1 aromatic rings. The lowest BCUT2D eigenvalue weighted by atomic mass is 10.1. The number of likely N-dealkylation sites (tertiary alicyclic amines) is 1. The molecule has 1 atom stereocenters. The molecule has 3 heteroatoms. The maximum atomic E-state index is 12.5. The number of benzene rings is 1. The Morgan fingerprint density at radius 3 is 3.00 bits per heavy atom. The summed E-state index contributed by atoms with van der Waals surface area (Å²) in [5.41, 5.74) is 8.18. The van der Waals surface area contributed by atoms with Crippen LogP contribution >= 0.6 is 0 Å². The number of amides is 1. The van der Waals surface area contributed by atoms with E-state index in [-0.39, 0.29) is 5.91 Å². The number of hydrogen-bond donors (Lipinski definition) is 1. The Balaban J connectivity index is 2.27. The monoisotopic (exact) mass is 232 g/mol. The average molecular weight is 232 g/mol. The molecule has 1 aliphatic heterocycles. The lowest BCUT2D eigenvalue weighted by molar-refractivity contribution is 0.0733. The molecule has 1 unspecified atom stereocenters. The number of anilines is 1. The lowest BCUT2D eigenvalue weighted by Crippen LogP contribution is -2.35. The third-order valence-electron chi connectivity index (χ3n) is 3.60. The van der Waals surface area contributed by atoms with Crippen molar-refractivity contribution in [2.45, 2.75) is 39.2 Å². The molecule has 1 heterocycles. The van der Waals surface area contributed by atoms with Crippen molar-refractivity contribution in [3.63, 3.8) is 0 Å². The van der Waals surface area contributed by atoms with Crippen molar-refractivity contribution in [3.8, 4) is 0 Å². The summed E-state index contributed by atoms with van der Waals surface area (Å²) in [5, 5.41) is 0. The molecule has 3 nitrogen and oxygen atoms in total. The van der Waals surface area contributed by atoms with Gasteiger partial charge in [-0.3, -0.25) is 4.79 Å². The molecule has 2 N–H and O–H groups in total. The van der Waals surface area contributed by atoms with Crippen molar-refractivity contribution < 1.29 is 4.79 Å². The first-order valence-electron chi connectivity index (χ1n) is 6.30. The average Bonchev–Trinajstić information content (AvgIpc) is 2.79. The molecule has 1 saturated heterocycles. The number of nitrogens with two attached hydrogens (primary N) is 1. The van der Waals surface area contributed by atoms with Gasteiger partial charge in [0.25, 0.3) is 5.91 Å². The first-order valence-corrected chi connectivity index (χ1v) is 6.30. The molecule has 0 bridgehead atoms. The van der Waals surface area contributed by atoms with Crippen molar-refractivity contribution in [2.24, 2.45) is 0 Å². The van der Waals surface area contributed by atoms with Gasteiger partial charge in [-0.1, -0.05) is 13.0 Å². The fourth-order valence-corrected chi connectivity index (χ4v) is 2.55. The highest BCUT2D eigenvalue weighted by atomic mass is 16.2. The van der Waals surface area contributed by atoms with Gasteiger partial charge in [0.2, 0.25) is 0 Å². The van der Waals surface area contributed by atoms with Crippen LogP contribution in [0.3, 0.4) is 0 Å². The topological polar surface area (TPSA) is 46.3 Å². The van der Waals surface area contributed by atoms with E-state index in [1.165, 1.54) is 0 Å².